The Morgan fingerprint density at radius 3 is 2.24 bits per heavy atom. The number of nitrogens with zero attached hydrogens (tertiary/aromatic N) is 6. The minimum atomic E-state index is -1.03. The lowest BCUT2D eigenvalue weighted by molar-refractivity contribution is -0.137. The van der Waals surface area contributed by atoms with Gasteiger partial charge < -0.3 is 24.8 Å². The smallest absolute Gasteiger partial charge is 0.326 e. The molecule has 0 aliphatic rings. The standard InChI is InChI=1S/C26H29N7O4S/c1-14-21(15(2)38-32-14)17-13-29-26(33(3)4)31-23(17)30-18(25(34)35)10-16-11-27-24(28-12-16)22-19(36-5)8-7-9-20(22)37-6/h7-9,11-13,18H,10H2,1-6H3,(H,34,35)(H,29,30,31). The van der Waals surface area contributed by atoms with Crippen molar-refractivity contribution < 1.29 is 19.4 Å². The molecule has 0 aliphatic carbocycles. The van der Waals surface area contributed by atoms with E-state index in [9.17, 15) is 9.90 Å². The molecule has 0 saturated carbocycles. The predicted octanol–water partition coefficient (Wildman–Crippen LogP) is 3.86. The third-order valence-corrected chi connectivity index (χ3v) is 6.73. The van der Waals surface area contributed by atoms with Gasteiger partial charge in [-0.1, -0.05) is 6.07 Å². The van der Waals surface area contributed by atoms with Crippen molar-refractivity contribution in [2.24, 2.45) is 0 Å². The van der Waals surface area contributed by atoms with Gasteiger partial charge in [-0.3, -0.25) is 0 Å². The van der Waals surface area contributed by atoms with Gasteiger partial charge in [-0.15, -0.1) is 0 Å². The Labute approximate surface area is 224 Å². The molecule has 2 N–H and O–H groups in total. The van der Waals surface area contributed by atoms with Crippen LogP contribution in [0.3, 0.4) is 0 Å². The number of carboxylic acid groups (broad SMARTS) is 1. The van der Waals surface area contributed by atoms with Gasteiger partial charge >= 0.3 is 5.97 Å². The average Bonchev–Trinajstić information content (AvgIpc) is 3.25. The number of aromatic nitrogens is 5. The predicted molar refractivity (Wildman–Crippen MR) is 146 cm³/mol. The summed E-state index contributed by atoms with van der Waals surface area (Å²) < 4.78 is 15.3. The van der Waals surface area contributed by atoms with Crippen LogP contribution in [0.4, 0.5) is 11.8 Å². The molecule has 0 aliphatic heterocycles. The van der Waals surface area contributed by atoms with Crippen LogP contribution in [0.2, 0.25) is 0 Å². The first-order chi connectivity index (χ1) is 18.2. The second-order valence-electron chi connectivity index (χ2n) is 8.72. The molecule has 4 rings (SSSR count). The van der Waals surface area contributed by atoms with E-state index in [0.29, 0.717) is 45.8 Å². The average molecular weight is 536 g/mol. The molecule has 3 aromatic heterocycles. The van der Waals surface area contributed by atoms with E-state index >= 15 is 0 Å². The first-order valence-corrected chi connectivity index (χ1v) is 12.5. The Morgan fingerprint density at radius 2 is 1.71 bits per heavy atom. The van der Waals surface area contributed by atoms with Gasteiger partial charge in [-0.25, -0.2) is 19.7 Å². The van der Waals surface area contributed by atoms with Gasteiger partial charge in [0.15, 0.2) is 5.82 Å². The fourth-order valence-electron chi connectivity index (χ4n) is 4.01. The van der Waals surface area contributed by atoms with Gasteiger partial charge in [0.05, 0.1) is 19.9 Å². The minimum absolute atomic E-state index is 0.124. The molecule has 0 radical (unpaired) electrons. The largest absolute Gasteiger partial charge is 0.496 e. The topological polar surface area (TPSA) is 135 Å². The number of carboxylic acids is 1. The SMILES string of the molecule is COc1cccc(OC)c1-c1ncc(CC(Nc2nc(N(C)C)ncc2-c2c(C)nsc2C)C(=O)O)cn1. The van der Waals surface area contributed by atoms with Crippen molar-refractivity contribution in [3.05, 3.63) is 52.9 Å². The van der Waals surface area contributed by atoms with Crippen molar-refractivity contribution in [1.29, 1.82) is 0 Å². The summed E-state index contributed by atoms with van der Waals surface area (Å²) >= 11 is 1.38. The molecule has 1 aromatic carbocycles. The first kappa shape index (κ1) is 26.7. The monoisotopic (exact) mass is 535 g/mol. The van der Waals surface area contributed by atoms with E-state index < -0.39 is 12.0 Å². The molecule has 0 spiro atoms. The Balaban J connectivity index is 1.65. The van der Waals surface area contributed by atoms with E-state index in [1.807, 2.05) is 34.0 Å². The van der Waals surface area contributed by atoms with Crippen LogP contribution >= 0.6 is 11.5 Å². The maximum absolute atomic E-state index is 12.3. The lowest BCUT2D eigenvalue weighted by Crippen LogP contribution is -2.32. The Hall–Kier alpha value is -4.32. The molecule has 198 valence electrons. The number of hydrogen-bond acceptors (Lipinski definition) is 11. The maximum atomic E-state index is 12.3. The fraction of sp³-hybridized carbons (Fsp3) is 0.308. The number of benzene rings is 1. The van der Waals surface area contributed by atoms with E-state index in [1.54, 1.807) is 49.8 Å². The van der Waals surface area contributed by atoms with Gasteiger partial charge in [-0.05, 0) is 43.1 Å². The summed E-state index contributed by atoms with van der Waals surface area (Å²) in [7, 11) is 6.78. The second kappa shape index (κ2) is 11.4. The number of rotatable bonds is 10. The number of carbonyl (C=O) groups is 1. The van der Waals surface area contributed by atoms with Gasteiger partial charge in [0.1, 0.15) is 28.9 Å². The molecular weight excluding hydrogens is 506 g/mol. The van der Waals surface area contributed by atoms with Gasteiger partial charge in [0.2, 0.25) is 5.95 Å². The Kier molecular flexibility index (Phi) is 8.01. The Morgan fingerprint density at radius 1 is 1.05 bits per heavy atom. The maximum Gasteiger partial charge on any atom is 0.326 e. The van der Waals surface area contributed by atoms with Crippen LogP contribution in [0.15, 0.2) is 36.8 Å². The lowest BCUT2D eigenvalue weighted by atomic mass is 10.1. The number of aliphatic carboxylic acids is 1. The van der Waals surface area contributed by atoms with E-state index in [-0.39, 0.29) is 6.42 Å². The van der Waals surface area contributed by atoms with Crippen LogP contribution in [-0.2, 0) is 11.2 Å². The van der Waals surface area contributed by atoms with Crippen molar-refractivity contribution in [1.82, 2.24) is 24.3 Å². The van der Waals surface area contributed by atoms with Crippen molar-refractivity contribution in [2.45, 2.75) is 26.3 Å². The van der Waals surface area contributed by atoms with E-state index in [0.717, 1.165) is 16.1 Å². The van der Waals surface area contributed by atoms with Crippen LogP contribution in [0.1, 0.15) is 16.1 Å². The van der Waals surface area contributed by atoms with Crippen molar-refractivity contribution in [3.63, 3.8) is 0 Å². The second-order valence-corrected chi connectivity index (χ2v) is 9.70. The zero-order valence-electron chi connectivity index (χ0n) is 22.0. The molecule has 0 saturated heterocycles. The van der Waals surface area contributed by atoms with E-state index in [2.05, 4.69) is 29.6 Å². The highest BCUT2D eigenvalue weighted by Crippen LogP contribution is 2.36. The third-order valence-electron chi connectivity index (χ3n) is 5.88. The minimum Gasteiger partial charge on any atom is -0.496 e. The first-order valence-electron chi connectivity index (χ1n) is 11.7. The van der Waals surface area contributed by atoms with Crippen LogP contribution < -0.4 is 19.7 Å². The Bertz CT molecular complexity index is 1400. The number of hydrogen-bond donors (Lipinski definition) is 2. The molecule has 38 heavy (non-hydrogen) atoms. The van der Waals surface area contributed by atoms with Gasteiger partial charge in [0.25, 0.3) is 0 Å². The summed E-state index contributed by atoms with van der Waals surface area (Å²) in [5.74, 6) is 1.39. The summed E-state index contributed by atoms with van der Waals surface area (Å²) in [6.45, 7) is 3.88. The molecular formula is C26H29N7O4S. The number of anilines is 2. The van der Waals surface area contributed by atoms with Crippen LogP contribution in [-0.4, -0.2) is 69.7 Å². The van der Waals surface area contributed by atoms with Crippen molar-refractivity contribution in [3.8, 4) is 34.0 Å². The molecule has 3 heterocycles. The number of aryl methyl sites for hydroxylation is 2. The quantitative estimate of drug-likeness (QED) is 0.306. The van der Waals surface area contributed by atoms with Crippen LogP contribution in [0.5, 0.6) is 11.5 Å². The molecule has 1 atom stereocenters. The molecule has 0 bridgehead atoms. The lowest BCUT2D eigenvalue weighted by Gasteiger charge is -2.20. The number of methoxy groups -OCH3 is 2. The summed E-state index contributed by atoms with van der Waals surface area (Å²) in [4.78, 5) is 33.1. The highest BCUT2D eigenvalue weighted by Gasteiger charge is 2.24. The van der Waals surface area contributed by atoms with Crippen LogP contribution in [0, 0.1) is 13.8 Å². The van der Waals surface area contributed by atoms with E-state index in [4.69, 9.17) is 9.47 Å². The van der Waals surface area contributed by atoms with Gasteiger partial charge in [0, 0.05) is 55.1 Å². The fourth-order valence-corrected chi connectivity index (χ4v) is 4.72. The molecule has 11 nitrogen and oxygen atoms in total. The zero-order chi connectivity index (χ0) is 27.4. The van der Waals surface area contributed by atoms with Gasteiger partial charge in [-0.2, -0.15) is 9.36 Å². The third kappa shape index (κ3) is 5.49. The summed E-state index contributed by atoms with van der Waals surface area (Å²) in [5, 5.41) is 13.2. The normalized spacial score (nSPS) is 11.6. The molecule has 0 amide bonds. The molecule has 4 aromatic rings. The molecule has 0 fully saturated rings. The molecule has 12 heteroatoms. The van der Waals surface area contributed by atoms with Crippen LogP contribution in [0.25, 0.3) is 22.5 Å². The highest BCUT2D eigenvalue weighted by atomic mass is 32.1. The summed E-state index contributed by atoms with van der Waals surface area (Å²) in [6.07, 6.45) is 5.04. The van der Waals surface area contributed by atoms with Crippen molar-refractivity contribution in [2.75, 3.05) is 38.5 Å². The summed E-state index contributed by atoms with van der Waals surface area (Å²) in [6, 6.07) is 4.42. The summed E-state index contributed by atoms with van der Waals surface area (Å²) in [5.41, 5.74) is 3.68. The number of nitrogens with one attached hydrogen (secondary N) is 1. The van der Waals surface area contributed by atoms with E-state index in [1.165, 1.54) is 11.5 Å². The zero-order valence-corrected chi connectivity index (χ0v) is 22.8. The number of ether oxygens (including phenoxy) is 2. The highest BCUT2D eigenvalue weighted by molar-refractivity contribution is 7.06. The molecule has 1 unspecified atom stereocenters. The van der Waals surface area contributed by atoms with Crippen molar-refractivity contribution >= 4 is 29.3 Å².